The van der Waals surface area contributed by atoms with Gasteiger partial charge in [0.25, 0.3) is 0 Å². The largest absolute Gasteiger partial charge is 0.291 e. The Labute approximate surface area is 47.1 Å². The van der Waals surface area contributed by atoms with Crippen LogP contribution in [0.4, 0.5) is 0 Å². The van der Waals surface area contributed by atoms with Crippen LogP contribution < -0.4 is 5.48 Å². The van der Waals surface area contributed by atoms with Crippen molar-refractivity contribution in [1.29, 1.82) is 0 Å². The van der Waals surface area contributed by atoms with E-state index in [1.807, 2.05) is 0 Å². The molecule has 0 amide bonds. The standard InChI is InChI=1S/C4H8N2O2/c1-3(5-7)4(2)6-8/h5,7H,1-2H3/b4-3-. The fourth-order valence-corrected chi connectivity index (χ4v) is 0.149. The summed E-state index contributed by atoms with van der Waals surface area (Å²) in [4.78, 5) is 9.65. The molecule has 0 aliphatic rings. The van der Waals surface area contributed by atoms with Gasteiger partial charge >= 0.3 is 0 Å². The molecule has 0 aromatic heterocycles. The van der Waals surface area contributed by atoms with Gasteiger partial charge in [0.2, 0.25) is 0 Å². The smallest absolute Gasteiger partial charge is 0.103 e. The molecule has 0 aromatic carbocycles. The molecule has 0 bridgehead atoms. The van der Waals surface area contributed by atoms with Crippen LogP contribution in [0.3, 0.4) is 0 Å². The SMILES string of the molecule is C/C(N=O)=C(\C)NO. The Morgan fingerprint density at radius 1 is 1.62 bits per heavy atom. The summed E-state index contributed by atoms with van der Waals surface area (Å²) in [5, 5.41) is 10.7. The summed E-state index contributed by atoms with van der Waals surface area (Å²) in [5.41, 5.74) is 2.43. The van der Waals surface area contributed by atoms with Crippen molar-refractivity contribution < 1.29 is 5.21 Å². The van der Waals surface area contributed by atoms with Crippen molar-refractivity contribution >= 4 is 0 Å². The van der Waals surface area contributed by atoms with E-state index in [0.29, 0.717) is 5.70 Å². The fraction of sp³-hybridized carbons (Fsp3) is 0.500. The number of nitroso groups, excluding NO2 is 1. The summed E-state index contributed by atoms with van der Waals surface area (Å²) in [6, 6.07) is 0. The second-order valence-corrected chi connectivity index (χ2v) is 1.41. The molecule has 0 saturated heterocycles. The van der Waals surface area contributed by atoms with Crippen LogP contribution in [0.25, 0.3) is 0 Å². The van der Waals surface area contributed by atoms with Gasteiger partial charge in [-0.05, 0) is 19.0 Å². The summed E-state index contributed by atoms with van der Waals surface area (Å²) in [6.45, 7) is 3.06. The molecule has 0 unspecified atom stereocenters. The minimum absolute atomic E-state index is 0.257. The van der Waals surface area contributed by atoms with Crippen LogP contribution in [0.5, 0.6) is 0 Å². The zero-order valence-corrected chi connectivity index (χ0v) is 4.80. The van der Waals surface area contributed by atoms with Crippen LogP contribution >= 0.6 is 0 Å². The predicted molar refractivity (Wildman–Crippen MR) is 29.1 cm³/mol. The molecule has 0 fully saturated rings. The second-order valence-electron chi connectivity index (χ2n) is 1.41. The van der Waals surface area contributed by atoms with Crippen molar-refractivity contribution in [2.24, 2.45) is 5.18 Å². The van der Waals surface area contributed by atoms with Crippen LogP contribution in [0, 0.1) is 4.91 Å². The van der Waals surface area contributed by atoms with Gasteiger partial charge in [-0.3, -0.25) is 10.7 Å². The Morgan fingerprint density at radius 3 is 2.25 bits per heavy atom. The highest BCUT2D eigenvalue weighted by atomic mass is 16.5. The average molecular weight is 116 g/mol. The normalized spacial score (nSPS) is 12.4. The average Bonchev–Trinajstić information content (AvgIpc) is 1.84. The minimum atomic E-state index is 0.257. The number of hydrogen-bond acceptors (Lipinski definition) is 4. The van der Waals surface area contributed by atoms with E-state index in [9.17, 15) is 4.91 Å². The monoisotopic (exact) mass is 116 g/mol. The molecule has 2 N–H and O–H groups in total. The van der Waals surface area contributed by atoms with Crippen molar-refractivity contribution in [3.05, 3.63) is 16.3 Å². The number of hydroxylamine groups is 1. The highest BCUT2D eigenvalue weighted by Gasteiger charge is 1.90. The van der Waals surface area contributed by atoms with Gasteiger partial charge in [-0.1, -0.05) is 0 Å². The molecule has 0 atom stereocenters. The maximum atomic E-state index is 9.65. The lowest BCUT2D eigenvalue weighted by atomic mass is 10.4. The van der Waals surface area contributed by atoms with Gasteiger partial charge in [0.05, 0.1) is 5.70 Å². The Balaban J connectivity index is 4.03. The molecule has 0 heterocycles. The van der Waals surface area contributed by atoms with Crippen LogP contribution in [-0.4, -0.2) is 5.21 Å². The quantitative estimate of drug-likeness (QED) is 0.417. The van der Waals surface area contributed by atoms with E-state index in [1.165, 1.54) is 6.92 Å². The third-order valence-electron chi connectivity index (χ3n) is 0.847. The molecule has 0 radical (unpaired) electrons. The first-order chi connectivity index (χ1) is 3.72. The summed E-state index contributed by atoms with van der Waals surface area (Å²) in [7, 11) is 0. The summed E-state index contributed by atoms with van der Waals surface area (Å²) < 4.78 is 0. The molecule has 4 heteroatoms. The van der Waals surface area contributed by atoms with Gasteiger partial charge in [-0.2, -0.15) is 0 Å². The van der Waals surface area contributed by atoms with Crippen LogP contribution in [0.15, 0.2) is 16.6 Å². The highest BCUT2D eigenvalue weighted by molar-refractivity contribution is 5.03. The molecule has 0 rings (SSSR count). The maximum Gasteiger partial charge on any atom is 0.103 e. The lowest BCUT2D eigenvalue weighted by molar-refractivity contribution is 0.199. The highest BCUT2D eigenvalue weighted by Crippen LogP contribution is 1.97. The van der Waals surface area contributed by atoms with Gasteiger partial charge in [-0.15, -0.1) is 4.91 Å². The van der Waals surface area contributed by atoms with E-state index in [2.05, 4.69) is 5.18 Å². The topological polar surface area (TPSA) is 61.7 Å². The predicted octanol–water partition coefficient (Wildman–Crippen LogP) is 0.983. The van der Waals surface area contributed by atoms with E-state index in [-0.39, 0.29) is 5.70 Å². The van der Waals surface area contributed by atoms with Gasteiger partial charge in [0.1, 0.15) is 5.70 Å². The Morgan fingerprint density at radius 2 is 2.12 bits per heavy atom. The van der Waals surface area contributed by atoms with Crippen LogP contribution in [0.1, 0.15) is 13.8 Å². The molecular formula is C4H8N2O2. The molecule has 46 valence electrons. The van der Waals surface area contributed by atoms with Gasteiger partial charge in [0.15, 0.2) is 0 Å². The van der Waals surface area contributed by atoms with Crippen molar-refractivity contribution in [1.82, 2.24) is 5.48 Å². The van der Waals surface area contributed by atoms with Crippen LogP contribution in [0.2, 0.25) is 0 Å². The zero-order valence-electron chi connectivity index (χ0n) is 4.80. The summed E-state index contributed by atoms with van der Waals surface area (Å²) in [5.74, 6) is 0. The molecule has 0 spiro atoms. The number of nitrogens with one attached hydrogen (secondary N) is 1. The van der Waals surface area contributed by atoms with E-state index in [0.717, 1.165) is 0 Å². The minimum Gasteiger partial charge on any atom is -0.291 e. The Bertz CT molecular complexity index is 119. The second kappa shape index (κ2) is 3.15. The Kier molecular flexibility index (Phi) is 2.79. The van der Waals surface area contributed by atoms with Crippen molar-refractivity contribution in [2.75, 3.05) is 0 Å². The van der Waals surface area contributed by atoms with E-state index in [4.69, 9.17) is 5.21 Å². The molecule has 0 aromatic rings. The third-order valence-corrected chi connectivity index (χ3v) is 0.847. The maximum absolute atomic E-state index is 9.65. The number of allylic oxidation sites excluding steroid dienone is 2. The van der Waals surface area contributed by atoms with Gasteiger partial charge in [-0.25, -0.2) is 0 Å². The molecule has 0 saturated carbocycles. The number of nitrogens with zero attached hydrogens (tertiary/aromatic N) is 1. The zero-order chi connectivity index (χ0) is 6.57. The molecule has 0 aliphatic carbocycles. The summed E-state index contributed by atoms with van der Waals surface area (Å²) in [6.07, 6.45) is 0. The summed E-state index contributed by atoms with van der Waals surface area (Å²) >= 11 is 0. The Hall–Kier alpha value is -0.900. The van der Waals surface area contributed by atoms with Crippen LogP contribution in [-0.2, 0) is 0 Å². The lowest BCUT2D eigenvalue weighted by Crippen LogP contribution is -2.04. The fourth-order valence-electron chi connectivity index (χ4n) is 0.149. The first kappa shape index (κ1) is 7.10. The van der Waals surface area contributed by atoms with E-state index >= 15 is 0 Å². The first-order valence-electron chi connectivity index (χ1n) is 2.13. The lowest BCUT2D eigenvalue weighted by Gasteiger charge is -1.94. The molecular weight excluding hydrogens is 108 g/mol. The number of rotatable bonds is 2. The van der Waals surface area contributed by atoms with Crippen molar-refractivity contribution in [3.63, 3.8) is 0 Å². The van der Waals surface area contributed by atoms with E-state index in [1.54, 1.807) is 12.4 Å². The molecule has 4 nitrogen and oxygen atoms in total. The third kappa shape index (κ3) is 1.70. The molecule has 8 heavy (non-hydrogen) atoms. The van der Waals surface area contributed by atoms with Gasteiger partial charge in [0, 0.05) is 0 Å². The molecule has 0 aliphatic heterocycles. The van der Waals surface area contributed by atoms with Gasteiger partial charge < -0.3 is 0 Å². The number of hydrogen-bond donors (Lipinski definition) is 2. The van der Waals surface area contributed by atoms with Crippen molar-refractivity contribution in [3.8, 4) is 0 Å². The van der Waals surface area contributed by atoms with Crippen molar-refractivity contribution in [2.45, 2.75) is 13.8 Å². The first-order valence-corrected chi connectivity index (χ1v) is 2.13. The van der Waals surface area contributed by atoms with E-state index < -0.39 is 0 Å².